The van der Waals surface area contributed by atoms with Gasteiger partial charge in [0.1, 0.15) is 0 Å². The van der Waals surface area contributed by atoms with E-state index < -0.39 is 0 Å². The summed E-state index contributed by atoms with van der Waals surface area (Å²) in [6.45, 7) is 8.00. The highest BCUT2D eigenvalue weighted by Crippen LogP contribution is 2.10. The number of piperidine rings is 1. The topological polar surface area (TPSA) is 36.9 Å². The summed E-state index contributed by atoms with van der Waals surface area (Å²) in [5.74, 6) is 0.648. The minimum atomic E-state index is 0.286. The molecule has 0 radical (unpaired) electrons. The zero-order chi connectivity index (χ0) is 9.68. The maximum atomic E-state index is 11.9. The van der Waals surface area contributed by atoms with E-state index in [1.165, 1.54) is 13.0 Å². The van der Waals surface area contributed by atoms with Crippen molar-refractivity contribution < 1.29 is 10.1 Å². The van der Waals surface area contributed by atoms with Gasteiger partial charge in [-0.1, -0.05) is 0 Å². The minimum absolute atomic E-state index is 0.286. The van der Waals surface area contributed by atoms with E-state index >= 15 is 0 Å². The molecule has 1 fully saturated rings. The number of nitrogens with two attached hydrogens (primary N) is 1. The number of hydrogen-bond acceptors (Lipinski definition) is 1. The Hall–Kier alpha value is -0.570. The normalized spacial score (nSPS) is 22.8. The first kappa shape index (κ1) is 10.5. The average molecular weight is 185 g/mol. The van der Waals surface area contributed by atoms with Crippen LogP contribution in [0.3, 0.4) is 0 Å². The molecule has 1 aliphatic rings. The van der Waals surface area contributed by atoms with Gasteiger partial charge in [0.25, 0.3) is 0 Å². The van der Waals surface area contributed by atoms with E-state index in [1.807, 2.05) is 18.7 Å². The maximum absolute atomic E-state index is 11.9. The third-order valence-corrected chi connectivity index (χ3v) is 2.84. The van der Waals surface area contributed by atoms with E-state index in [0.717, 1.165) is 26.1 Å². The molecule has 3 heteroatoms. The van der Waals surface area contributed by atoms with Crippen molar-refractivity contribution in [1.29, 1.82) is 0 Å². The average Bonchev–Trinajstić information content (AvgIpc) is 2.21. The van der Waals surface area contributed by atoms with Crippen LogP contribution in [0.25, 0.3) is 0 Å². The van der Waals surface area contributed by atoms with Crippen molar-refractivity contribution in [1.82, 2.24) is 4.90 Å². The third-order valence-electron chi connectivity index (χ3n) is 2.84. The van der Waals surface area contributed by atoms with Crippen molar-refractivity contribution in [3.8, 4) is 0 Å². The van der Waals surface area contributed by atoms with Crippen LogP contribution in [0.4, 0.5) is 0 Å². The molecule has 1 atom stereocenters. The van der Waals surface area contributed by atoms with Gasteiger partial charge in [-0.05, 0) is 26.7 Å². The van der Waals surface area contributed by atoms with Crippen molar-refractivity contribution in [2.75, 3.05) is 26.2 Å². The molecule has 2 N–H and O–H groups in total. The smallest absolute Gasteiger partial charge is 0.231 e. The Morgan fingerprint density at radius 2 is 2.15 bits per heavy atom. The van der Waals surface area contributed by atoms with Crippen LogP contribution in [0, 0.1) is 5.92 Å². The zero-order valence-corrected chi connectivity index (χ0v) is 8.75. The fraction of sp³-hybridized carbons (Fsp3) is 0.900. The summed E-state index contributed by atoms with van der Waals surface area (Å²) < 4.78 is 0. The SMILES string of the molecule is CCN(CC)C(=O)[C@@H]1CCC[NH2+]C1. The number of carbonyl (C=O) groups is 1. The highest BCUT2D eigenvalue weighted by molar-refractivity contribution is 5.78. The summed E-state index contributed by atoms with van der Waals surface area (Å²) >= 11 is 0. The predicted octanol–water partition coefficient (Wildman–Crippen LogP) is -0.172. The predicted molar refractivity (Wildman–Crippen MR) is 52.3 cm³/mol. The molecule has 3 nitrogen and oxygen atoms in total. The van der Waals surface area contributed by atoms with Crippen LogP contribution in [0.2, 0.25) is 0 Å². The van der Waals surface area contributed by atoms with E-state index in [1.54, 1.807) is 0 Å². The lowest BCUT2D eigenvalue weighted by Gasteiger charge is -2.26. The molecule has 0 saturated carbocycles. The molecule has 1 rings (SSSR count). The Labute approximate surface area is 80.5 Å². The molecule has 1 amide bonds. The molecule has 0 bridgehead atoms. The molecular formula is C10H21N2O+. The largest absolute Gasteiger partial charge is 0.346 e. The maximum Gasteiger partial charge on any atom is 0.231 e. The highest BCUT2D eigenvalue weighted by Gasteiger charge is 2.26. The van der Waals surface area contributed by atoms with Crippen LogP contribution in [0.1, 0.15) is 26.7 Å². The Kier molecular flexibility index (Phi) is 4.22. The molecule has 0 spiro atoms. The number of amides is 1. The molecule has 0 aliphatic carbocycles. The van der Waals surface area contributed by atoms with E-state index in [9.17, 15) is 4.79 Å². The highest BCUT2D eigenvalue weighted by atomic mass is 16.2. The summed E-state index contributed by atoms with van der Waals surface area (Å²) in [6, 6.07) is 0. The molecule has 1 heterocycles. The summed E-state index contributed by atoms with van der Waals surface area (Å²) in [7, 11) is 0. The number of carbonyl (C=O) groups excluding carboxylic acids is 1. The molecular weight excluding hydrogens is 164 g/mol. The van der Waals surface area contributed by atoms with Gasteiger partial charge in [-0.25, -0.2) is 0 Å². The summed E-state index contributed by atoms with van der Waals surface area (Å²) in [4.78, 5) is 13.8. The van der Waals surface area contributed by atoms with E-state index in [-0.39, 0.29) is 5.92 Å². The Morgan fingerprint density at radius 1 is 1.46 bits per heavy atom. The first-order chi connectivity index (χ1) is 6.29. The second-order valence-electron chi connectivity index (χ2n) is 3.66. The van der Waals surface area contributed by atoms with Crippen LogP contribution >= 0.6 is 0 Å². The first-order valence-electron chi connectivity index (χ1n) is 5.40. The summed E-state index contributed by atoms with van der Waals surface area (Å²) in [5.41, 5.74) is 0. The van der Waals surface area contributed by atoms with Crippen LogP contribution in [0.5, 0.6) is 0 Å². The Balaban J connectivity index is 2.44. The van der Waals surface area contributed by atoms with Crippen molar-refractivity contribution in [2.24, 2.45) is 5.92 Å². The number of hydrogen-bond donors (Lipinski definition) is 1. The second-order valence-corrected chi connectivity index (χ2v) is 3.66. The molecule has 0 unspecified atom stereocenters. The number of nitrogens with zero attached hydrogens (tertiary/aromatic N) is 1. The van der Waals surface area contributed by atoms with Crippen molar-refractivity contribution in [2.45, 2.75) is 26.7 Å². The second kappa shape index (κ2) is 5.22. The van der Waals surface area contributed by atoms with E-state index in [0.29, 0.717) is 5.91 Å². The fourth-order valence-electron chi connectivity index (χ4n) is 1.96. The summed E-state index contributed by atoms with van der Waals surface area (Å²) in [6.07, 6.45) is 2.28. The molecule has 1 aliphatic heterocycles. The van der Waals surface area contributed by atoms with Gasteiger partial charge in [0, 0.05) is 13.1 Å². The third kappa shape index (κ3) is 2.69. The van der Waals surface area contributed by atoms with Gasteiger partial charge in [0.15, 0.2) is 0 Å². The number of rotatable bonds is 3. The Bertz CT molecular complexity index is 160. The van der Waals surface area contributed by atoms with Crippen LogP contribution in [-0.2, 0) is 4.79 Å². The van der Waals surface area contributed by atoms with Gasteiger partial charge in [-0.15, -0.1) is 0 Å². The van der Waals surface area contributed by atoms with Crippen molar-refractivity contribution in [3.05, 3.63) is 0 Å². The molecule has 1 saturated heterocycles. The quantitative estimate of drug-likeness (QED) is 0.651. The monoisotopic (exact) mass is 185 g/mol. The van der Waals surface area contributed by atoms with Gasteiger partial charge in [-0.3, -0.25) is 4.79 Å². The van der Waals surface area contributed by atoms with E-state index in [2.05, 4.69) is 5.32 Å². The molecule has 13 heavy (non-hydrogen) atoms. The lowest BCUT2D eigenvalue weighted by atomic mass is 9.98. The lowest BCUT2D eigenvalue weighted by molar-refractivity contribution is -0.666. The standard InChI is InChI=1S/C10H20N2O/c1-3-12(4-2)10(13)9-6-5-7-11-8-9/h9,11H,3-8H2,1-2H3/p+1/t9-/m1/s1. The zero-order valence-electron chi connectivity index (χ0n) is 8.75. The van der Waals surface area contributed by atoms with Crippen LogP contribution in [0.15, 0.2) is 0 Å². The van der Waals surface area contributed by atoms with Crippen molar-refractivity contribution in [3.63, 3.8) is 0 Å². The van der Waals surface area contributed by atoms with Gasteiger partial charge in [0.2, 0.25) is 5.91 Å². The molecule has 76 valence electrons. The molecule has 0 aromatic carbocycles. The first-order valence-corrected chi connectivity index (χ1v) is 5.40. The van der Waals surface area contributed by atoms with Crippen molar-refractivity contribution >= 4 is 5.91 Å². The van der Waals surface area contributed by atoms with Crippen LogP contribution in [-0.4, -0.2) is 37.0 Å². The minimum Gasteiger partial charge on any atom is -0.346 e. The fourth-order valence-corrected chi connectivity index (χ4v) is 1.96. The van der Waals surface area contributed by atoms with E-state index in [4.69, 9.17) is 0 Å². The summed E-state index contributed by atoms with van der Waals surface area (Å²) in [5, 5.41) is 2.26. The number of quaternary nitrogens is 1. The van der Waals surface area contributed by atoms with Gasteiger partial charge in [0.05, 0.1) is 19.0 Å². The lowest BCUT2D eigenvalue weighted by Crippen LogP contribution is -2.87. The van der Waals surface area contributed by atoms with Gasteiger partial charge >= 0.3 is 0 Å². The van der Waals surface area contributed by atoms with Gasteiger partial charge < -0.3 is 10.2 Å². The molecule has 0 aromatic rings. The molecule has 0 aromatic heterocycles. The van der Waals surface area contributed by atoms with Gasteiger partial charge in [-0.2, -0.15) is 0 Å². The Morgan fingerprint density at radius 3 is 2.62 bits per heavy atom. The van der Waals surface area contributed by atoms with Crippen LogP contribution < -0.4 is 5.32 Å².